The van der Waals surface area contributed by atoms with Gasteiger partial charge in [-0.1, -0.05) is 19.7 Å². The molecule has 0 spiro atoms. The van der Waals surface area contributed by atoms with Crippen molar-refractivity contribution in [3.63, 3.8) is 0 Å². The Morgan fingerprint density at radius 1 is 0.938 bits per heavy atom. The zero-order chi connectivity index (χ0) is 12.7. The third-order valence-corrected chi connectivity index (χ3v) is 2.50. The smallest absolute Gasteiger partial charge is 0.276 e. The Labute approximate surface area is 101 Å². The van der Waals surface area contributed by atoms with E-state index in [1.807, 2.05) is 6.92 Å². The lowest BCUT2D eigenvalue weighted by atomic mass is 10.3. The van der Waals surface area contributed by atoms with Crippen molar-refractivity contribution < 1.29 is 14.2 Å². The minimum atomic E-state index is -0.496. The molecule has 16 heavy (non-hydrogen) atoms. The van der Waals surface area contributed by atoms with Crippen molar-refractivity contribution in [1.29, 1.82) is 0 Å². The lowest BCUT2D eigenvalue weighted by molar-refractivity contribution is -0.150. The van der Waals surface area contributed by atoms with Crippen molar-refractivity contribution >= 4 is 10.2 Å². The second-order valence-electron chi connectivity index (χ2n) is 3.77. The van der Waals surface area contributed by atoms with E-state index in [1.165, 1.54) is 0 Å². The van der Waals surface area contributed by atoms with Gasteiger partial charge in [0, 0.05) is 10.2 Å². The molecule has 0 aromatic carbocycles. The summed E-state index contributed by atoms with van der Waals surface area (Å²) in [6.45, 7) is 16.5. The van der Waals surface area contributed by atoms with E-state index in [-0.39, 0.29) is 6.10 Å². The fraction of sp³-hybridized carbons (Fsp3) is 0.500. The summed E-state index contributed by atoms with van der Waals surface area (Å²) in [5.41, 5.74) is 0. The first-order valence-corrected chi connectivity index (χ1v) is 6.74. The predicted molar refractivity (Wildman–Crippen MR) is 70.0 cm³/mol. The second kappa shape index (κ2) is 7.17. The van der Waals surface area contributed by atoms with E-state index in [0.29, 0.717) is 17.3 Å². The molecule has 0 amide bonds. The van der Waals surface area contributed by atoms with E-state index in [9.17, 15) is 0 Å². The predicted octanol–water partition coefficient (Wildman–Crippen LogP) is 2.12. The van der Waals surface area contributed by atoms with Crippen LogP contribution in [0.5, 0.6) is 0 Å². The van der Waals surface area contributed by atoms with Crippen molar-refractivity contribution in [2.45, 2.75) is 39.2 Å². The number of rotatable bonds is 8. The van der Waals surface area contributed by atoms with Gasteiger partial charge in [0.25, 0.3) is 6.29 Å². The number of ether oxygens (including phenoxy) is 3. The Kier molecular flexibility index (Phi) is 6.65. The number of hydrogen-bond donors (Lipinski definition) is 0. The molecule has 0 aromatic heterocycles. The highest BCUT2D eigenvalue weighted by Gasteiger charge is 2.24. The number of hydrogen-bond acceptors (Lipinski definition) is 3. The molecule has 4 heteroatoms. The topological polar surface area (TPSA) is 27.7 Å². The van der Waals surface area contributed by atoms with Crippen LogP contribution in [0.4, 0.5) is 0 Å². The Balaban J connectivity index is 4.60. The summed E-state index contributed by atoms with van der Waals surface area (Å²) in [5.74, 6) is 1.84. The van der Waals surface area contributed by atoms with Crippen molar-refractivity contribution in [2.75, 3.05) is 0 Å². The monoisotopic (exact) mass is 242 g/mol. The SMILES string of the molecule is C=C(C)OC(C[SiH3])C(OC(=C)C)OC(=C)C. The first-order valence-electron chi connectivity index (χ1n) is 5.33. The van der Waals surface area contributed by atoms with Crippen molar-refractivity contribution in [3.05, 3.63) is 37.0 Å². The normalized spacial score (nSPS) is 12.0. The molecule has 0 saturated carbocycles. The molecular weight excluding hydrogens is 220 g/mol. The third kappa shape index (κ3) is 6.34. The van der Waals surface area contributed by atoms with Crippen LogP contribution in [0.15, 0.2) is 37.0 Å². The highest BCUT2D eigenvalue weighted by molar-refractivity contribution is 6.08. The molecule has 0 rings (SSSR count). The van der Waals surface area contributed by atoms with Crippen LogP contribution in [-0.2, 0) is 14.2 Å². The highest BCUT2D eigenvalue weighted by atomic mass is 28.1. The molecule has 0 aliphatic rings. The van der Waals surface area contributed by atoms with Crippen LogP contribution in [-0.4, -0.2) is 22.6 Å². The summed E-state index contributed by atoms with van der Waals surface area (Å²) in [6.07, 6.45) is -0.651. The molecule has 1 atom stereocenters. The molecule has 0 N–H and O–H groups in total. The van der Waals surface area contributed by atoms with Gasteiger partial charge in [-0.2, -0.15) is 0 Å². The average molecular weight is 242 g/mol. The first-order chi connectivity index (χ1) is 7.36. The lowest BCUT2D eigenvalue weighted by Crippen LogP contribution is -2.32. The Hall–Kier alpha value is -1.16. The van der Waals surface area contributed by atoms with Crippen LogP contribution in [0, 0.1) is 0 Å². The lowest BCUT2D eigenvalue weighted by Gasteiger charge is -2.28. The fourth-order valence-corrected chi connectivity index (χ4v) is 1.71. The van der Waals surface area contributed by atoms with Crippen molar-refractivity contribution in [2.24, 2.45) is 0 Å². The van der Waals surface area contributed by atoms with E-state index in [1.54, 1.807) is 13.8 Å². The van der Waals surface area contributed by atoms with Gasteiger partial charge in [0.15, 0.2) is 6.10 Å². The van der Waals surface area contributed by atoms with E-state index in [4.69, 9.17) is 14.2 Å². The Bertz CT molecular complexity index is 257. The minimum Gasteiger partial charge on any atom is -0.488 e. The molecule has 0 aliphatic carbocycles. The van der Waals surface area contributed by atoms with Gasteiger partial charge in [-0.15, -0.1) is 0 Å². The quantitative estimate of drug-likeness (QED) is 0.371. The molecule has 3 nitrogen and oxygen atoms in total. The van der Waals surface area contributed by atoms with E-state index < -0.39 is 6.29 Å². The van der Waals surface area contributed by atoms with Crippen molar-refractivity contribution in [3.8, 4) is 0 Å². The Morgan fingerprint density at radius 3 is 1.56 bits per heavy atom. The van der Waals surface area contributed by atoms with Gasteiger partial charge in [0.2, 0.25) is 0 Å². The Morgan fingerprint density at radius 2 is 1.31 bits per heavy atom. The maximum Gasteiger partial charge on any atom is 0.276 e. The number of allylic oxidation sites excluding steroid dienone is 3. The maximum atomic E-state index is 5.57. The largest absolute Gasteiger partial charge is 0.488 e. The average Bonchev–Trinajstić information content (AvgIpc) is 2.11. The van der Waals surface area contributed by atoms with Crippen LogP contribution in [0.3, 0.4) is 0 Å². The summed E-state index contributed by atoms with van der Waals surface area (Å²) in [5, 5.41) is 0. The summed E-state index contributed by atoms with van der Waals surface area (Å²) < 4.78 is 16.6. The highest BCUT2D eigenvalue weighted by Crippen LogP contribution is 2.17. The minimum absolute atomic E-state index is 0.155. The van der Waals surface area contributed by atoms with E-state index >= 15 is 0 Å². The van der Waals surface area contributed by atoms with Gasteiger partial charge < -0.3 is 14.2 Å². The summed E-state index contributed by atoms with van der Waals surface area (Å²) >= 11 is 0. The molecule has 0 saturated heterocycles. The molecular formula is C12H22O3Si. The summed E-state index contributed by atoms with van der Waals surface area (Å²) in [6, 6.07) is 0.887. The molecule has 0 aliphatic heterocycles. The summed E-state index contributed by atoms with van der Waals surface area (Å²) in [7, 11) is 0.991. The van der Waals surface area contributed by atoms with Gasteiger partial charge in [0.1, 0.15) is 0 Å². The zero-order valence-electron chi connectivity index (χ0n) is 10.7. The second-order valence-corrected chi connectivity index (χ2v) is 4.59. The molecule has 92 valence electrons. The molecule has 0 bridgehead atoms. The fourth-order valence-electron chi connectivity index (χ4n) is 1.16. The third-order valence-electron chi connectivity index (χ3n) is 1.69. The van der Waals surface area contributed by atoms with Crippen LogP contribution >= 0.6 is 0 Å². The van der Waals surface area contributed by atoms with Gasteiger partial charge in [-0.3, -0.25) is 0 Å². The molecule has 1 unspecified atom stereocenters. The van der Waals surface area contributed by atoms with Gasteiger partial charge in [0.05, 0.1) is 17.3 Å². The zero-order valence-corrected chi connectivity index (χ0v) is 12.7. The van der Waals surface area contributed by atoms with E-state index in [2.05, 4.69) is 19.7 Å². The molecule has 0 radical (unpaired) electrons. The first kappa shape index (κ1) is 14.8. The molecule has 0 fully saturated rings. The van der Waals surface area contributed by atoms with Crippen LogP contribution in [0.2, 0.25) is 6.04 Å². The standard InChI is InChI=1S/C12H22O3Si/c1-8(2)13-11(7-16)12(14-9(3)4)15-10(5)6/h11-12H,1,3,5,7H2,2,4,6,16H3. The van der Waals surface area contributed by atoms with Gasteiger partial charge in [-0.05, 0) is 26.8 Å². The summed E-state index contributed by atoms with van der Waals surface area (Å²) in [4.78, 5) is 0. The van der Waals surface area contributed by atoms with Gasteiger partial charge in [-0.25, -0.2) is 0 Å². The van der Waals surface area contributed by atoms with Gasteiger partial charge >= 0.3 is 0 Å². The molecule has 0 heterocycles. The maximum absolute atomic E-state index is 5.57. The van der Waals surface area contributed by atoms with Crippen molar-refractivity contribution in [1.82, 2.24) is 0 Å². The van der Waals surface area contributed by atoms with Crippen LogP contribution < -0.4 is 0 Å². The van der Waals surface area contributed by atoms with E-state index in [0.717, 1.165) is 16.3 Å². The van der Waals surface area contributed by atoms with Crippen LogP contribution in [0.1, 0.15) is 20.8 Å². The molecule has 0 aromatic rings. The van der Waals surface area contributed by atoms with Crippen LogP contribution in [0.25, 0.3) is 0 Å².